The van der Waals surface area contributed by atoms with Crippen molar-refractivity contribution < 1.29 is 80.2 Å². The van der Waals surface area contributed by atoms with E-state index >= 15 is 0 Å². The number of rotatable bonds is 83. The summed E-state index contributed by atoms with van der Waals surface area (Å²) in [7, 11) is -9.93. The lowest BCUT2D eigenvalue weighted by Crippen LogP contribution is -2.30. The molecule has 0 aromatic rings. The maximum absolute atomic E-state index is 13.1. The second-order valence-electron chi connectivity index (χ2n) is 32.6. The number of phosphoric ester groups is 2. The van der Waals surface area contributed by atoms with Crippen LogP contribution in [0.5, 0.6) is 0 Å². The van der Waals surface area contributed by atoms with Gasteiger partial charge in [0, 0.05) is 25.7 Å². The molecule has 0 heterocycles. The van der Waals surface area contributed by atoms with Gasteiger partial charge in [-0.25, -0.2) is 9.13 Å². The SMILES string of the molecule is CCC(C)CCCCCCCCCCCCCCCCCCCCC(=O)OC[C@H](COP(=O)(O)OCC(O)COP(=O)(O)OC[C@@H](COC(=O)CCCCCCCCC(C)C)OC(=O)CCCCCCCCCCCCCCCCCCCCC(C)C)OC(=O)CCCCCCCCCCCCC(C)C. The molecule has 624 valence electrons. The Morgan fingerprint density at radius 3 is 0.676 bits per heavy atom. The number of hydrogen-bond acceptors (Lipinski definition) is 15. The molecule has 105 heavy (non-hydrogen) atoms. The molecule has 0 aliphatic heterocycles. The van der Waals surface area contributed by atoms with Gasteiger partial charge in [-0.15, -0.1) is 0 Å². The topological polar surface area (TPSA) is 237 Å². The molecule has 0 amide bonds. The lowest BCUT2D eigenvalue weighted by molar-refractivity contribution is -0.161. The summed E-state index contributed by atoms with van der Waals surface area (Å²) in [6, 6.07) is 0. The lowest BCUT2D eigenvalue weighted by Gasteiger charge is -2.21. The number of unbranched alkanes of at least 4 members (excludes halogenated alkanes) is 48. The zero-order valence-corrected chi connectivity index (χ0v) is 71.2. The molecule has 0 aromatic heterocycles. The van der Waals surface area contributed by atoms with Gasteiger partial charge in [0.25, 0.3) is 0 Å². The van der Waals surface area contributed by atoms with E-state index in [9.17, 15) is 43.2 Å². The van der Waals surface area contributed by atoms with Gasteiger partial charge in [-0.2, -0.15) is 0 Å². The second-order valence-corrected chi connectivity index (χ2v) is 35.5. The van der Waals surface area contributed by atoms with Gasteiger partial charge < -0.3 is 33.8 Å². The largest absolute Gasteiger partial charge is 0.472 e. The average Bonchev–Trinajstić information content (AvgIpc) is 0.913. The van der Waals surface area contributed by atoms with Crippen LogP contribution < -0.4 is 0 Å². The number of aliphatic hydroxyl groups excluding tert-OH is 1. The summed E-state index contributed by atoms with van der Waals surface area (Å²) in [4.78, 5) is 73.1. The molecule has 0 aliphatic rings. The molecular weight excluding hydrogens is 1370 g/mol. The smallest absolute Gasteiger partial charge is 0.462 e. The normalized spacial score (nSPS) is 14.2. The van der Waals surface area contributed by atoms with Crippen molar-refractivity contribution in [1.29, 1.82) is 0 Å². The molecule has 0 saturated carbocycles. The number of ether oxygens (including phenoxy) is 4. The Bertz CT molecular complexity index is 2040. The molecule has 3 N–H and O–H groups in total. The number of carbonyl (C=O) groups is 4. The van der Waals surface area contributed by atoms with E-state index in [4.69, 9.17) is 37.0 Å². The molecule has 0 rings (SSSR count). The van der Waals surface area contributed by atoms with Gasteiger partial charge in [-0.1, -0.05) is 396 Å². The second kappa shape index (κ2) is 74.8. The standard InChI is InChI=1S/C86H168O17P2/c1-9-79(8)65-57-49-40-34-27-23-19-15-11-13-16-20-24-28-35-41-50-58-66-83(88)96-72-81(102-86(91)69-61-53-43-37-31-30-33-39-47-55-63-77(4)5)74-100-104(92,93)98-70-80(87)71-99-105(94,95)101-75-82(73-97-84(89)67-59-51-45-44-48-56-64-78(6)7)103-85(90)68-60-52-42-36-29-25-21-17-12-10-14-18-22-26-32-38-46-54-62-76(2)3/h76-82,87H,9-75H2,1-8H3,(H,92,93)(H,94,95)/t79?,80?,81-,82-/m1/s1. The first-order chi connectivity index (χ1) is 50.6. The fourth-order valence-electron chi connectivity index (χ4n) is 13.3. The fraction of sp³-hybridized carbons (Fsp3) is 0.953. The van der Waals surface area contributed by atoms with Crippen LogP contribution in [0.2, 0.25) is 0 Å². The minimum absolute atomic E-state index is 0.106. The van der Waals surface area contributed by atoms with Crippen LogP contribution in [0.1, 0.15) is 447 Å². The van der Waals surface area contributed by atoms with E-state index in [0.717, 1.165) is 114 Å². The number of esters is 4. The van der Waals surface area contributed by atoms with Gasteiger partial charge in [0.1, 0.15) is 19.3 Å². The molecule has 0 saturated heterocycles. The van der Waals surface area contributed by atoms with E-state index in [0.29, 0.717) is 31.6 Å². The predicted molar refractivity (Wildman–Crippen MR) is 432 cm³/mol. The highest BCUT2D eigenvalue weighted by atomic mass is 31.2. The maximum atomic E-state index is 13.1. The Kier molecular flexibility index (Phi) is 73.4. The van der Waals surface area contributed by atoms with E-state index in [1.807, 2.05) is 0 Å². The molecule has 4 unspecified atom stereocenters. The highest BCUT2D eigenvalue weighted by Crippen LogP contribution is 2.45. The van der Waals surface area contributed by atoms with E-state index in [2.05, 4.69) is 55.4 Å². The van der Waals surface area contributed by atoms with Crippen LogP contribution in [0.15, 0.2) is 0 Å². The van der Waals surface area contributed by atoms with Crippen LogP contribution in [0.4, 0.5) is 0 Å². The molecule has 6 atom stereocenters. The van der Waals surface area contributed by atoms with Gasteiger partial charge in [0.2, 0.25) is 0 Å². The van der Waals surface area contributed by atoms with Crippen molar-refractivity contribution in [3.05, 3.63) is 0 Å². The summed E-state index contributed by atoms with van der Waals surface area (Å²) in [5, 5.41) is 10.7. The lowest BCUT2D eigenvalue weighted by atomic mass is 9.99. The molecule has 0 spiro atoms. The first-order valence-corrected chi connectivity index (χ1v) is 47.2. The molecule has 0 aromatic carbocycles. The van der Waals surface area contributed by atoms with Crippen LogP contribution in [0.3, 0.4) is 0 Å². The predicted octanol–water partition coefficient (Wildman–Crippen LogP) is 25.9. The van der Waals surface area contributed by atoms with Crippen molar-refractivity contribution in [2.75, 3.05) is 39.6 Å². The summed E-state index contributed by atoms with van der Waals surface area (Å²) >= 11 is 0. The minimum atomic E-state index is -4.96. The molecule has 0 fully saturated rings. The van der Waals surface area contributed by atoms with E-state index in [-0.39, 0.29) is 25.7 Å². The quantitative estimate of drug-likeness (QED) is 0.0222. The van der Waals surface area contributed by atoms with Crippen LogP contribution >= 0.6 is 15.6 Å². The highest BCUT2D eigenvalue weighted by molar-refractivity contribution is 7.47. The first kappa shape index (κ1) is 103. The highest BCUT2D eigenvalue weighted by Gasteiger charge is 2.31. The average molecular weight is 1540 g/mol. The van der Waals surface area contributed by atoms with Crippen LogP contribution in [0.25, 0.3) is 0 Å². The monoisotopic (exact) mass is 1540 g/mol. The third-order valence-corrected chi connectivity index (χ3v) is 22.3. The molecule has 0 aliphatic carbocycles. The minimum Gasteiger partial charge on any atom is -0.462 e. The first-order valence-electron chi connectivity index (χ1n) is 44.2. The third kappa shape index (κ3) is 78.5. The Hall–Kier alpha value is -1.94. The Labute approximate surface area is 645 Å². The molecule has 19 heteroatoms. The van der Waals surface area contributed by atoms with Crippen molar-refractivity contribution in [3.63, 3.8) is 0 Å². The summed E-state index contributed by atoms with van der Waals surface area (Å²) < 4.78 is 68.8. The Morgan fingerprint density at radius 2 is 0.457 bits per heavy atom. The summed E-state index contributed by atoms with van der Waals surface area (Å²) in [6.07, 6.45) is 64.2. The van der Waals surface area contributed by atoms with Crippen molar-refractivity contribution in [2.24, 2.45) is 23.7 Å². The van der Waals surface area contributed by atoms with Gasteiger partial charge in [0.15, 0.2) is 12.2 Å². The van der Waals surface area contributed by atoms with Crippen molar-refractivity contribution in [1.82, 2.24) is 0 Å². The summed E-state index contributed by atoms with van der Waals surface area (Å²) in [5.74, 6) is 1.01. The van der Waals surface area contributed by atoms with Crippen LogP contribution in [0, 0.1) is 23.7 Å². The molecule has 0 bridgehead atoms. The van der Waals surface area contributed by atoms with Crippen molar-refractivity contribution in [3.8, 4) is 0 Å². The number of aliphatic hydroxyl groups is 1. The molecule has 0 radical (unpaired) electrons. The van der Waals surface area contributed by atoms with E-state index in [1.165, 1.54) is 244 Å². The van der Waals surface area contributed by atoms with Gasteiger partial charge in [-0.05, 0) is 49.4 Å². The summed E-state index contributed by atoms with van der Waals surface area (Å²) in [6.45, 7) is 14.3. The fourth-order valence-corrected chi connectivity index (χ4v) is 14.9. The van der Waals surface area contributed by atoms with Crippen molar-refractivity contribution >= 4 is 39.5 Å². The number of hydrogen-bond donors (Lipinski definition) is 3. The third-order valence-electron chi connectivity index (χ3n) is 20.4. The van der Waals surface area contributed by atoms with Crippen LogP contribution in [-0.4, -0.2) is 96.7 Å². The Balaban J connectivity index is 5.14. The summed E-state index contributed by atoms with van der Waals surface area (Å²) in [5.41, 5.74) is 0. The number of phosphoric acid groups is 2. The van der Waals surface area contributed by atoms with Gasteiger partial charge in [0.05, 0.1) is 26.4 Å². The zero-order chi connectivity index (χ0) is 77.4. The van der Waals surface area contributed by atoms with Gasteiger partial charge in [-0.3, -0.25) is 37.3 Å². The van der Waals surface area contributed by atoms with E-state index < -0.39 is 97.5 Å². The van der Waals surface area contributed by atoms with Crippen LogP contribution in [-0.2, 0) is 65.4 Å². The molecular formula is C86H168O17P2. The van der Waals surface area contributed by atoms with Gasteiger partial charge >= 0.3 is 39.5 Å². The zero-order valence-electron chi connectivity index (χ0n) is 69.4. The van der Waals surface area contributed by atoms with Crippen molar-refractivity contribution in [2.45, 2.75) is 465 Å². The Morgan fingerprint density at radius 1 is 0.267 bits per heavy atom. The number of carbonyl (C=O) groups excluding carboxylic acids is 4. The maximum Gasteiger partial charge on any atom is 0.472 e. The molecule has 17 nitrogen and oxygen atoms in total. The van der Waals surface area contributed by atoms with E-state index in [1.54, 1.807) is 0 Å².